The number of likely N-dealkylation sites (N-methyl/N-ethyl adjacent to an activating group) is 3. The zero-order valence-electron chi connectivity index (χ0n) is 66.5. The molecule has 0 aliphatic carbocycles. The molecule has 586 valence electrons. The lowest BCUT2D eigenvalue weighted by atomic mass is 9.85. The van der Waals surface area contributed by atoms with Crippen molar-refractivity contribution in [1.82, 2.24) is 44.6 Å². The molecule has 3 saturated heterocycles. The number of Topliss-reactive ketones (excluding diaryl/α,β-unsaturated/α-hetero) is 1. The predicted octanol–water partition coefficient (Wildman–Crippen LogP) is 14.7. The van der Waals surface area contributed by atoms with E-state index in [0.717, 1.165) is 147 Å². The number of methoxy groups -OCH3 is 3. The Hall–Kier alpha value is -11.3. The van der Waals surface area contributed by atoms with E-state index < -0.39 is 5.92 Å². The summed E-state index contributed by atoms with van der Waals surface area (Å²) in [5.41, 5.74) is 15.6. The second kappa shape index (κ2) is 39.6. The number of carbonyl (C=O) groups is 3. The number of urea groups is 2. The maximum atomic E-state index is 14.2. The number of para-hydroxylation sites is 2. The molecule has 25 heteroatoms. The van der Waals surface area contributed by atoms with Crippen LogP contribution in [0.15, 0.2) is 183 Å². The van der Waals surface area contributed by atoms with Crippen molar-refractivity contribution in [2.45, 2.75) is 60.3 Å². The molecule has 24 nitrogen and oxygen atoms in total. The maximum Gasteiger partial charge on any atom is 0.327 e. The largest absolute Gasteiger partial charge is 0.497 e. The molecule has 6 heterocycles. The number of piperazine rings is 3. The maximum absolute atomic E-state index is 14.2. The van der Waals surface area contributed by atoms with Crippen LogP contribution in [0.1, 0.15) is 68.9 Å². The molecule has 3 aliphatic heterocycles. The highest BCUT2D eigenvalue weighted by molar-refractivity contribution is 6.34. The quantitative estimate of drug-likeness (QED) is 0.0441. The summed E-state index contributed by atoms with van der Waals surface area (Å²) in [4.78, 5) is 84.4. The summed E-state index contributed by atoms with van der Waals surface area (Å²) >= 11 is 6.23. The molecule has 0 spiro atoms. The Morgan fingerprint density at radius 3 is 1.56 bits per heavy atom. The number of nitrogens with one attached hydrogen (secondary N) is 4. The van der Waals surface area contributed by atoms with Gasteiger partial charge in [-0.15, -0.1) is 0 Å². The van der Waals surface area contributed by atoms with Crippen molar-refractivity contribution in [3.8, 4) is 11.5 Å². The third-order valence-electron chi connectivity index (χ3n) is 20.8. The molecule has 7 aromatic carbocycles. The number of benzene rings is 7. The van der Waals surface area contributed by atoms with E-state index in [4.69, 9.17) is 30.8 Å². The molecule has 112 heavy (non-hydrogen) atoms. The number of amides is 4. The molecule has 4 amide bonds. The number of carbonyl (C=O) groups excluding carboxylic acids is 3. The number of aromatic nitrogens is 6. The molecular formula is C87H105ClN18O6. The standard InChI is InChI=1S/C35H40N4O3.C28H37N7O2.C24H28ClN7O/c1-24-7-6-8-25(2)30(24)23-32(40)35(29-14-13-28(41-4)22-33(29)42-5)31-15-16-36-34(37-31)21-26-9-11-27(12-10-26)39-19-17-38(3)18-20-39;1-5-33-13-15-34(16-14-33)24-11-9-23(10-12-24)31-25-19-26(30-20-29-25)35(17-18-37-4)28(36)32-27-21(2)7-6-8-22(27)3;1-17-5-4-6-20(25)23(17)29-24(33)31(3)22-15-21(26-16-27-22)28-18-7-9-19(10-8-18)32-13-11-30(2)12-14-32/h6-16,22,35H,17-21,23H2,1-5H3;6-12,19-20H,5,13-18H2,1-4H3,(H,32,36)(H,29,30,31);4-10,15-16H,11-14H2,1-3H3,(H,29,33)(H,26,27,28). The van der Waals surface area contributed by atoms with Crippen molar-refractivity contribution >= 4 is 92.5 Å². The summed E-state index contributed by atoms with van der Waals surface area (Å²) in [5.74, 6) is 3.53. The molecule has 3 fully saturated rings. The molecule has 4 N–H and O–H groups in total. The minimum absolute atomic E-state index is 0.0528. The Morgan fingerprint density at radius 2 is 1.04 bits per heavy atom. The number of hydrogen-bond donors (Lipinski definition) is 4. The third-order valence-corrected chi connectivity index (χ3v) is 21.1. The summed E-state index contributed by atoms with van der Waals surface area (Å²) in [6, 6.07) is 53.2. The Kier molecular flexibility index (Phi) is 28.9. The van der Waals surface area contributed by atoms with Gasteiger partial charge < -0.3 is 64.9 Å². The van der Waals surface area contributed by atoms with Gasteiger partial charge in [-0.2, -0.15) is 0 Å². The van der Waals surface area contributed by atoms with Crippen LogP contribution in [-0.2, 0) is 22.4 Å². The lowest BCUT2D eigenvalue weighted by Gasteiger charge is -2.35. The number of aryl methyl sites for hydroxylation is 5. The van der Waals surface area contributed by atoms with Crippen molar-refractivity contribution in [3.05, 3.63) is 244 Å². The molecule has 0 saturated carbocycles. The number of ether oxygens (including phenoxy) is 3. The summed E-state index contributed by atoms with van der Waals surface area (Å²) < 4.78 is 16.4. The average Bonchev–Trinajstić information content (AvgIpc) is 0.790. The van der Waals surface area contributed by atoms with Crippen LogP contribution in [0.2, 0.25) is 5.02 Å². The summed E-state index contributed by atoms with van der Waals surface area (Å²) in [7, 11) is 10.8. The van der Waals surface area contributed by atoms with E-state index in [9.17, 15) is 14.4 Å². The Labute approximate surface area is 664 Å². The minimum Gasteiger partial charge on any atom is -0.497 e. The second-order valence-corrected chi connectivity index (χ2v) is 28.8. The van der Waals surface area contributed by atoms with Crippen molar-refractivity contribution in [2.24, 2.45) is 0 Å². The Bertz CT molecular complexity index is 4700. The normalized spacial score (nSPS) is 14.2. The van der Waals surface area contributed by atoms with Crippen LogP contribution < -0.4 is 55.2 Å². The SMILES string of the molecule is CCN1CCN(c2ccc(Nc3cc(N(CCOC)C(=O)Nc4c(C)cccc4C)ncn3)cc2)CC1.COc1ccc(C(C(=O)Cc2c(C)cccc2C)c2ccnc(Cc3ccc(N4CCN(C)CC4)cc3)n2)c(OC)c1.Cc1cccc(Cl)c1NC(=O)N(C)c1cc(Nc2ccc(N3CCN(C)CC3)cc2)ncn1. The number of hydrogen-bond acceptors (Lipinski definition) is 20. The predicted molar refractivity (Wildman–Crippen MR) is 452 cm³/mol. The van der Waals surface area contributed by atoms with Gasteiger partial charge >= 0.3 is 12.1 Å². The first-order chi connectivity index (χ1) is 54.2. The third kappa shape index (κ3) is 21.8. The molecule has 1 atom stereocenters. The fraction of sp³-hybridized carbons (Fsp3) is 0.345. The van der Waals surface area contributed by atoms with E-state index in [1.165, 1.54) is 34.6 Å². The fourth-order valence-corrected chi connectivity index (χ4v) is 14.1. The zero-order valence-corrected chi connectivity index (χ0v) is 67.3. The number of halogens is 1. The number of rotatable bonds is 24. The van der Waals surface area contributed by atoms with Crippen LogP contribution >= 0.6 is 11.6 Å². The molecular weight excluding hydrogens is 1430 g/mol. The van der Waals surface area contributed by atoms with Gasteiger partial charge in [0.25, 0.3) is 0 Å². The highest BCUT2D eigenvalue weighted by Crippen LogP contribution is 2.37. The number of nitrogens with zero attached hydrogens (tertiary/aromatic N) is 14. The van der Waals surface area contributed by atoms with Crippen molar-refractivity contribution in [1.29, 1.82) is 0 Å². The van der Waals surface area contributed by atoms with Gasteiger partial charge in [-0.05, 0) is 173 Å². The summed E-state index contributed by atoms with van der Waals surface area (Å²) in [6.07, 6.45) is 5.53. The van der Waals surface area contributed by atoms with Crippen LogP contribution in [0, 0.1) is 34.6 Å². The molecule has 3 aromatic heterocycles. The van der Waals surface area contributed by atoms with Gasteiger partial charge in [0.15, 0.2) is 5.78 Å². The minimum atomic E-state index is -0.619. The Balaban J connectivity index is 0.000000167. The van der Waals surface area contributed by atoms with Crippen LogP contribution in [0.3, 0.4) is 0 Å². The van der Waals surface area contributed by atoms with Crippen molar-refractivity contribution < 1.29 is 28.6 Å². The summed E-state index contributed by atoms with van der Waals surface area (Å²) in [5, 5.41) is 13.0. The first kappa shape index (κ1) is 81.7. The van der Waals surface area contributed by atoms with E-state index in [-0.39, 0.29) is 17.8 Å². The lowest BCUT2D eigenvalue weighted by Crippen LogP contribution is -2.46. The summed E-state index contributed by atoms with van der Waals surface area (Å²) in [6.45, 7) is 26.7. The van der Waals surface area contributed by atoms with Gasteiger partial charge in [-0.3, -0.25) is 14.6 Å². The first-order valence-electron chi connectivity index (χ1n) is 38.1. The van der Waals surface area contributed by atoms with Crippen molar-refractivity contribution in [2.75, 3.05) is 186 Å². The van der Waals surface area contributed by atoms with E-state index in [1.807, 2.05) is 93.6 Å². The van der Waals surface area contributed by atoms with E-state index in [2.05, 4.69) is 183 Å². The van der Waals surface area contributed by atoms with Gasteiger partial charge in [0, 0.05) is 170 Å². The smallest absolute Gasteiger partial charge is 0.327 e. The topological polar surface area (TPSA) is 230 Å². The second-order valence-electron chi connectivity index (χ2n) is 28.4. The fourth-order valence-electron chi connectivity index (χ4n) is 13.8. The van der Waals surface area contributed by atoms with Crippen molar-refractivity contribution in [3.63, 3.8) is 0 Å². The van der Waals surface area contributed by atoms with Gasteiger partial charge in [0.1, 0.15) is 53.2 Å². The van der Waals surface area contributed by atoms with Crippen LogP contribution in [0.25, 0.3) is 0 Å². The number of anilines is 11. The van der Waals surface area contributed by atoms with Crippen LogP contribution in [0.4, 0.5) is 72.7 Å². The monoisotopic (exact) mass is 1530 g/mol. The molecule has 0 radical (unpaired) electrons. The van der Waals surface area contributed by atoms with Gasteiger partial charge in [-0.25, -0.2) is 39.5 Å². The van der Waals surface area contributed by atoms with E-state index >= 15 is 0 Å². The highest BCUT2D eigenvalue weighted by atomic mass is 35.5. The van der Waals surface area contributed by atoms with E-state index in [0.29, 0.717) is 83.0 Å². The Morgan fingerprint density at radius 1 is 0.536 bits per heavy atom. The average molecular weight is 1530 g/mol. The van der Waals surface area contributed by atoms with Gasteiger partial charge in [0.2, 0.25) is 0 Å². The van der Waals surface area contributed by atoms with Crippen LogP contribution in [0.5, 0.6) is 11.5 Å². The highest BCUT2D eigenvalue weighted by Gasteiger charge is 2.30. The molecule has 1 unspecified atom stereocenters. The molecule has 10 aromatic rings. The first-order valence-corrected chi connectivity index (χ1v) is 38.5. The van der Waals surface area contributed by atoms with Crippen LogP contribution in [-0.4, -0.2) is 203 Å². The zero-order chi connectivity index (χ0) is 79.2. The lowest BCUT2D eigenvalue weighted by molar-refractivity contribution is -0.119. The van der Waals surface area contributed by atoms with Gasteiger partial charge in [-0.1, -0.05) is 85.3 Å². The van der Waals surface area contributed by atoms with E-state index in [1.54, 1.807) is 57.7 Å². The van der Waals surface area contributed by atoms with Gasteiger partial charge in [0.05, 0.1) is 49.7 Å². The molecule has 0 bridgehead atoms. The molecule has 13 rings (SSSR count). The number of ketones is 1. The molecule has 3 aliphatic rings.